The summed E-state index contributed by atoms with van der Waals surface area (Å²) in [7, 11) is -1.74. The van der Waals surface area contributed by atoms with Gasteiger partial charge in [-0.3, -0.25) is 9.52 Å². The maximum Gasteiger partial charge on any atom is 0.254 e. The average Bonchev–Trinajstić information content (AvgIpc) is 3.52. The minimum atomic E-state index is -3.34. The first-order valence-corrected chi connectivity index (χ1v) is 12.0. The van der Waals surface area contributed by atoms with Crippen LogP contribution in [0.1, 0.15) is 34.3 Å². The summed E-state index contributed by atoms with van der Waals surface area (Å²) in [6.45, 7) is 4.72. The van der Waals surface area contributed by atoms with Crippen LogP contribution in [0.25, 0.3) is 0 Å². The Morgan fingerprint density at radius 2 is 1.81 bits per heavy atom. The first kappa shape index (κ1) is 21.6. The quantitative estimate of drug-likeness (QED) is 0.709. The van der Waals surface area contributed by atoms with E-state index in [0.717, 1.165) is 11.1 Å². The number of hydrogen-bond acceptors (Lipinski definition) is 5. The van der Waals surface area contributed by atoms with Crippen molar-refractivity contribution >= 4 is 21.6 Å². The molecule has 0 aromatic heterocycles. The summed E-state index contributed by atoms with van der Waals surface area (Å²) in [6.07, 6.45) is 0.774. The molecule has 0 bridgehead atoms. The Morgan fingerprint density at radius 3 is 2.52 bits per heavy atom. The van der Waals surface area contributed by atoms with Crippen molar-refractivity contribution in [1.82, 2.24) is 4.90 Å². The number of sulfonamides is 1. The zero-order valence-corrected chi connectivity index (χ0v) is 18.8. The SMILES string of the molecule is CO[C@@H]1CN(C(=O)c2cc(C)ccc2C)C[C@H]1Oc1cccc(NS(=O)(=O)C2CC2)c1. The summed E-state index contributed by atoms with van der Waals surface area (Å²) in [5.41, 5.74) is 3.13. The highest BCUT2D eigenvalue weighted by molar-refractivity contribution is 7.93. The third kappa shape index (κ3) is 4.85. The van der Waals surface area contributed by atoms with Crippen molar-refractivity contribution in [1.29, 1.82) is 0 Å². The van der Waals surface area contributed by atoms with Gasteiger partial charge in [0.1, 0.15) is 18.0 Å². The molecule has 1 aliphatic heterocycles. The molecule has 2 aromatic carbocycles. The van der Waals surface area contributed by atoms with Gasteiger partial charge >= 0.3 is 0 Å². The van der Waals surface area contributed by atoms with Gasteiger partial charge in [0.05, 0.1) is 24.0 Å². The molecular weight excluding hydrogens is 416 g/mol. The lowest BCUT2D eigenvalue weighted by Crippen LogP contribution is -2.32. The van der Waals surface area contributed by atoms with Crippen LogP contribution >= 0.6 is 0 Å². The maximum absolute atomic E-state index is 13.1. The van der Waals surface area contributed by atoms with E-state index in [1.165, 1.54) is 0 Å². The van der Waals surface area contributed by atoms with E-state index in [2.05, 4.69) is 4.72 Å². The molecule has 166 valence electrons. The van der Waals surface area contributed by atoms with Gasteiger partial charge in [-0.15, -0.1) is 0 Å². The van der Waals surface area contributed by atoms with E-state index in [4.69, 9.17) is 9.47 Å². The molecule has 1 amide bonds. The lowest BCUT2D eigenvalue weighted by molar-refractivity contribution is 0.0340. The summed E-state index contributed by atoms with van der Waals surface area (Å²) in [4.78, 5) is 14.8. The number of nitrogens with zero attached hydrogens (tertiary/aromatic N) is 1. The van der Waals surface area contributed by atoms with Gasteiger partial charge in [-0.25, -0.2) is 8.42 Å². The predicted octanol–water partition coefficient (Wildman–Crippen LogP) is 3.13. The first-order chi connectivity index (χ1) is 14.8. The number of amides is 1. The molecule has 2 aliphatic rings. The summed E-state index contributed by atoms with van der Waals surface area (Å²) in [5, 5.41) is -0.297. The van der Waals surface area contributed by atoms with E-state index < -0.39 is 10.0 Å². The average molecular weight is 445 g/mol. The maximum atomic E-state index is 13.1. The molecule has 0 radical (unpaired) electrons. The summed E-state index contributed by atoms with van der Waals surface area (Å²) in [5.74, 6) is 0.490. The number of methoxy groups -OCH3 is 1. The van der Waals surface area contributed by atoms with Crippen molar-refractivity contribution in [3.05, 3.63) is 59.2 Å². The van der Waals surface area contributed by atoms with Crippen molar-refractivity contribution in [2.24, 2.45) is 0 Å². The summed E-state index contributed by atoms with van der Waals surface area (Å²) in [6, 6.07) is 12.7. The molecule has 8 heteroatoms. The fraction of sp³-hybridized carbons (Fsp3) is 0.435. The number of rotatable bonds is 7. The molecule has 2 atom stereocenters. The number of likely N-dealkylation sites (tertiary alicyclic amines) is 1. The van der Waals surface area contributed by atoms with Gasteiger partial charge in [-0.2, -0.15) is 0 Å². The third-order valence-electron chi connectivity index (χ3n) is 5.77. The van der Waals surface area contributed by atoms with Crippen LogP contribution in [0.4, 0.5) is 5.69 Å². The Morgan fingerprint density at radius 1 is 1.06 bits per heavy atom. The standard InChI is InChI=1S/C23H28N2O5S/c1-15-7-8-16(2)20(11-15)23(26)25-13-21(29-3)22(14-25)30-18-6-4-5-17(12-18)24-31(27,28)19-9-10-19/h4-8,11-12,19,21-22,24H,9-10,13-14H2,1-3H3/t21-,22-/m1/s1. The minimum Gasteiger partial charge on any atom is -0.486 e. The molecule has 2 fully saturated rings. The van der Waals surface area contributed by atoms with Crippen LogP contribution in [-0.4, -0.2) is 56.9 Å². The zero-order valence-electron chi connectivity index (χ0n) is 18.0. The van der Waals surface area contributed by atoms with E-state index in [1.54, 1.807) is 36.3 Å². The number of nitrogens with one attached hydrogen (secondary N) is 1. The van der Waals surface area contributed by atoms with Crippen LogP contribution in [-0.2, 0) is 14.8 Å². The second-order valence-corrected chi connectivity index (χ2v) is 10.3. The number of benzene rings is 2. The van der Waals surface area contributed by atoms with Crippen LogP contribution in [0, 0.1) is 13.8 Å². The van der Waals surface area contributed by atoms with Crippen molar-refractivity contribution in [2.45, 2.75) is 44.1 Å². The molecule has 4 rings (SSSR count). The van der Waals surface area contributed by atoms with Gasteiger partial charge in [0.2, 0.25) is 10.0 Å². The van der Waals surface area contributed by atoms with Crippen LogP contribution < -0.4 is 9.46 Å². The smallest absolute Gasteiger partial charge is 0.254 e. The second-order valence-electron chi connectivity index (χ2n) is 8.33. The van der Waals surface area contributed by atoms with E-state index in [-0.39, 0.29) is 23.4 Å². The normalized spacial score (nSPS) is 21.2. The molecule has 1 heterocycles. The van der Waals surface area contributed by atoms with Crippen molar-refractivity contribution in [3.63, 3.8) is 0 Å². The number of hydrogen-bond donors (Lipinski definition) is 1. The number of aryl methyl sites for hydroxylation is 2. The van der Waals surface area contributed by atoms with Gasteiger partial charge in [-0.05, 0) is 50.5 Å². The highest BCUT2D eigenvalue weighted by atomic mass is 32.2. The Balaban J connectivity index is 1.47. The Hall–Kier alpha value is -2.58. The fourth-order valence-electron chi connectivity index (χ4n) is 3.82. The van der Waals surface area contributed by atoms with E-state index in [0.29, 0.717) is 42.9 Å². The van der Waals surface area contributed by atoms with Gasteiger partial charge in [-0.1, -0.05) is 23.8 Å². The lowest BCUT2D eigenvalue weighted by Gasteiger charge is -2.19. The molecule has 31 heavy (non-hydrogen) atoms. The topological polar surface area (TPSA) is 84.9 Å². The van der Waals surface area contributed by atoms with Gasteiger partial charge in [0.25, 0.3) is 5.91 Å². The number of anilines is 1. The van der Waals surface area contributed by atoms with E-state index in [1.807, 2.05) is 32.0 Å². The Labute approximate surface area is 183 Å². The molecule has 0 spiro atoms. The predicted molar refractivity (Wildman–Crippen MR) is 119 cm³/mol. The largest absolute Gasteiger partial charge is 0.486 e. The van der Waals surface area contributed by atoms with Crippen molar-refractivity contribution in [3.8, 4) is 5.75 Å². The van der Waals surface area contributed by atoms with Crippen molar-refractivity contribution < 1.29 is 22.7 Å². The minimum absolute atomic E-state index is 0.0414. The highest BCUT2D eigenvalue weighted by Crippen LogP contribution is 2.31. The second kappa shape index (κ2) is 8.51. The van der Waals surface area contributed by atoms with Crippen LogP contribution in [0.15, 0.2) is 42.5 Å². The molecule has 7 nitrogen and oxygen atoms in total. The van der Waals surface area contributed by atoms with Crippen LogP contribution in [0.2, 0.25) is 0 Å². The lowest BCUT2D eigenvalue weighted by atomic mass is 10.0. The Bertz CT molecular complexity index is 1080. The third-order valence-corrected chi connectivity index (χ3v) is 7.64. The zero-order chi connectivity index (χ0) is 22.2. The molecule has 1 N–H and O–H groups in total. The molecule has 1 saturated heterocycles. The van der Waals surface area contributed by atoms with Crippen LogP contribution in [0.5, 0.6) is 5.75 Å². The van der Waals surface area contributed by atoms with Gasteiger partial charge < -0.3 is 14.4 Å². The van der Waals surface area contributed by atoms with Crippen LogP contribution in [0.3, 0.4) is 0 Å². The monoisotopic (exact) mass is 444 g/mol. The number of carbonyl (C=O) groups is 1. The first-order valence-electron chi connectivity index (χ1n) is 10.4. The molecule has 0 unspecified atom stereocenters. The summed E-state index contributed by atoms with van der Waals surface area (Å²) >= 11 is 0. The number of carbonyl (C=O) groups excluding carboxylic acids is 1. The Kier molecular flexibility index (Phi) is 5.94. The van der Waals surface area contributed by atoms with Gasteiger partial charge in [0.15, 0.2) is 0 Å². The van der Waals surface area contributed by atoms with Crippen molar-refractivity contribution in [2.75, 3.05) is 24.9 Å². The highest BCUT2D eigenvalue weighted by Gasteiger charge is 2.38. The van der Waals surface area contributed by atoms with Gasteiger partial charge in [0, 0.05) is 18.7 Å². The molecule has 2 aromatic rings. The van der Waals surface area contributed by atoms with E-state index >= 15 is 0 Å². The molecular formula is C23H28N2O5S. The van der Waals surface area contributed by atoms with E-state index in [9.17, 15) is 13.2 Å². The molecule has 1 saturated carbocycles. The number of ether oxygens (including phenoxy) is 2. The fourth-order valence-corrected chi connectivity index (χ4v) is 5.20. The molecule has 1 aliphatic carbocycles. The summed E-state index contributed by atoms with van der Waals surface area (Å²) < 4.78 is 38.7.